The Hall–Kier alpha value is -2.75. The van der Waals surface area contributed by atoms with E-state index in [1.54, 1.807) is 12.4 Å². The van der Waals surface area contributed by atoms with Crippen molar-refractivity contribution in [1.29, 1.82) is 0 Å². The zero-order chi connectivity index (χ0) is 20.4. The van der Waals surface area contributed by atoms with Crippen molar-refractivity contribution in [3.05, 3.63) is 69.4 Å². The number of thioether (sulfide) groups is 1. The van der Waals surface area contributed by atoms with Gasteiger partial charge in [0.05, 0.1) is 11.4 Å². The molecule has 4 aromatic rings. The number of halogens is 1. The third-order valence-electron chi connectivity index (χ3n) is 4.06. The molecule has 0 saturated heterocycles. The summed E-state index contributed by atoms with van der Waals surface area (Å²) < 4.78 is 1.94. The lowest BCUT2D eigenvalue weighted by atomic mass is 10.2. The van der Waals surface area contributed by atoms with E-state index in [1.165, 1.54) is 28.5 Å². The van der Waals surface area contributed by atoms with Crippen LogP contribution in [-0.4, -0.2) is 35.8 Å². The molecule has 3 heterocycles. The molecule has 1 N–H and O–H groups in total. The van der Waals surface area contributed by atoms with Crippen LogP contribution < -0.4 is 0 Å². The minimum absolute atomic E-state index is 0.0498. The number of rotatable bonds is 6. The van der Waals surface area contributed by atoms with E-state index in [0.717, 1.165) is 16.8 Å². The van der Waals surface area contributed by atoms with Gasteiger partial charge in [0.2, 0.25) is 0 Å². The molecule has 10 heteroatoms. The van der Waals surface area contributed by atoms with Crippen LogP contribution in [0.25, 0.3) is 17.1 Å². The fraction of sp³-hybridized carbons (Fsp3) is 0.105. The molecule has 0 radical (unpaired) electrons. The molecule has 0 atom stereocenters. The zero-order valence-corrected chi connectivity index (χ0v) is 17.5. The van der Waals surface area contributed by atoms with Crippen LogP contribution in [0.3, 0.4) is 0 Å². The van der Waals surface area contributed by atoms with Crippen molar-refractivity contribution in [2.75, 3.05) is 0 Å². The Bertz CT molecular complexity index is 1180. The van der Waals surface area contributed by atoms with Crippen molar-refractivity contribution in [1.82, 2.24) is 24.7 Å². The number of aromatic carboxylic acids is 1. The number of thiazole rings is 1. The number of benzene rings is 1. The first-order chi connectivity index (χ1) is 14.0. The highest BCUT2D eigenvalue weighted by atomic mass is 35.5. The Morgan fingerprint density at radius 1 is 1.31 bits per heavy atom. The Morgan fingerprint density at radius 2 is 2.17 bits per heavy atom. The predicted molar refractivity (Wildman–Crippen MR) is 113 cm³/mol. The van der Waals surface area contributed by atoms with Crippen LogP contribution in [-0.2, 0) is 5.75 Å². The van der Waals surface area contributed by atoms with Gasteiger partial charge in [-0.05, 0) is 36.8 Å². The summed E-state index contributed by atoms with van der Waals surface area (Å²) in [6, 6.07) is 9.41. The molecule has 0 unspecified atom stereocenters. The monoisotopic (exact) mass is 443 g/mol. The standard InChI is InChI=1S/C19H14ClN5O2S2/c1-11-4-5-13(20)7-15(11)25-17(12-3-2-6-21-8-12)23-24-19(25)29-10-16-22-14(9-28-16)18(26)27/h2-9H,10H2,1H3,(H,26,27). The van der Waals surface area contributed by atoms with Crippen molar-refractivity contribution in [3.8, 4) is 17.1 Å². The van der Waals surface area contributed by atoms with E-state index in [0.29, 0.717) is 26.8 Å². The van der Waals surface area contributed by atoms with Gasteiger partial charge in [-0.25, -0.2) is 9.78 Å². The van der Waals surface area contributed by atoms with Crippen molar-refractivity contribution < 1.29 is 9.90 Å². The average Bonchev–Trinajstić information content (AvgIpc) is 3.36. The fourth-order valence-electron chi connectivity index (χ4n) is 2.69. The number of carboxylic acid groups (broad SMARTS) is 1. The molecule has 7 nitrogen and oxygen atoms in total. The number of aryl methyl sites for hydroxylation is 1. The highest BCUT2D eigenvalue weighted by Gasteiger charge is 2.19. The van der Waals surface area contributed by atoms with Crippen molar-refractivity contribution in [2.24, 2.45) is 0 Å². The summed E-state index contributed by atoms with van der Waals surface area (Å²) in [5, 5.41) is 21.3. The molecule has 0 aliphatic carbocycles. The van der Waals surface area contributed by atoms with Gasteiger partial charge >= 0.3 is 5.97 Å². The molecular formula is C19H14ClN5O2S2. The number of aromatic nitrogens is 5. The first-order valence-electron chi connectivity index (χ1n) is 8.46. The maximum atomic E-state index is 11.0. The van der Waals surface area contributed by atoms with Crippen LogP contribution in [0.4, 0.5) is 0 Å². The summed E-state index contributed by atoms with van der Waals surface area (Å²) in [6.07, 6.45) is 3.43. The second kappa shape index (κ2) is 8.32. The third kappa shape index (κ3) is 4.16. The Balaban J connectivity index is 1.74. The van der Waals surface area contributed by atoms with Gasteiger partial charge in [0, 0.05) is 28.4 Å². The molecule has 0 bridgehead atoms. The topological polar surface area (TPSA) is 93.8 Å². The predicted octanol–water partition coefficient (Wildman–Crippen LogP) is 4.74. The lowest BCUT2D eigenvalue weighted by molar-refractivity contribution is 0.0691. The minimum Gasteiger partial charge on any atom is -0.476 e. The van der Waals surface area contributed by atoms with Crippen molar-refractivity contribution in [2.45, 2.75) is 17.8 Å². The molecule has 0 aliphatic rings. The highest BCUT2D eigenvalue weighted by molar-refractivity contribution is 7.98. The molecular weight excluding hydrogens is 430 g/mol. The summed E-state index contributed by atoms with van der Waals surface area (Å²) >= 11 is 8.99. The van der Waals surface area contributed by atoms with E-state index in [4.69, 9.17) is 16.7 Å². The number of nitrogens with zero attached hydrogens (tertiary/aromatic N) is 5. The summed E-state index contributed by atoms with van der Waals surface area (Å²) in [7, 11) is 0. The second-order valence-corrected chi connectivity index (χ2v) is 8.36. The lowest BCUT2D eigenvalue weighted by Crippen LogP contribution is -2.02. The van der Waals surface area contributed by atoms with E-state index in [2.05, 4.69) is 20.2 Å². The summed E-state index contributed by atoms with van der Waals surface area (Å²) in [6.45, 7) is 1.99. The Morgan fingerprint density at radius 3 is 2.90 bits per heavy atom. The molecule has 0 spiro atoms. The normalized spacial score (nSPS) is 11.0. The quantitative estimate of drug-likeness (QED) is 0.430. The maximum Gasteiger partial charge on any atom is 0.355 e. The number of carbonyl (C=O) groups is 1. The molecule has 1 aromatic carbocycles. The van der Waals surface area contributed by atoms with Crippen LogP contribution in [0.1, 0.15) is 21.1 Å². The SMILES string of the molecule is Cc1ccc(Cl)cc1-n1c(SCc2nc(C(=O)O)cs2)nnc1-c1cccnc1. The van der Waals surface area contributed by atoms with Gasteiger partial charge in [-0.3, -0.25) is 9.55 Å². The molecule has 0 saturated carbocycles. The number of pyridine rings is 1. The largest absolute Gasteiger partial charge is 0.476 e. The second-order valence-electron chi connectivity index (χ2n) is 6.03. The van der Waals surface area contributed by atoms with Gasteiger partial charge in [-0.15, -0.1) is 21.5 Å². The maximum absolute atomic E-state index is 11.0. The van der Waals surface area contributed by atoms with Crippen LogP contribution in [0.15, 0.2) is 53.3 Å². The highest BCUT2D eigenvalue weighted by Crippen LogP contribution is 2.32. The minimum atomic E-state index is -1.03. The summed E-state index contributed by atoms with van der Waals surface area (Å²) in [5.41, 5.74) is 2.76. The van der Waals surface area contributed by atoms with E-state index in [9.17, 15) is 4.79 Å². The third-order valence-corrected chi connectivity index (χ3v) is 6.27. The first kappa shape index (κ1) is 19.6. The lowest BCUT2D eigenvalue weighted by Gasteiger charge is -2.13. The number of carboxylic acids is 1. The molecule has 0 fully saturated rings. The molecule has 0 aliphatic heterocycles. The van der Waals surface area contributed by atoms with E-state index in [1.807, 2.05) is 41.8 Å². The Kier molecular flexibility index (Phi) is 5.61. The molecule has 3 aromatic heterocycles. The van der Waals surface area contributed by atoms with Crippen molar-refractivity contribution >= 4 is 40.7 Å². The number of hydrogen-bond acceptors (Lipinski definition) is 7. The molecule has 0 amide bonds. The summed E-state index contributed by atoms with van der Waals surface area (Å²) in [4.78, 5) is 19.4. The van der Waals surface area contributed by atoms with Crippen LogP contribution in [0, 0.1) is 6.92 Å². The molecule has 146 valence electrons. The summed E-state index contributed by atoms with van der Waals surface area (Å²) in [5.74, 6) is 0.0911. The smallest absolute Gasteiger partial charge is 0.355 e. The van der Waals surface area contributed by atoms with Gasteiger partial charge in [-0.1, -0.05) is 29.4 Å². The fourth-order valence-corrected chi connectivity index (χ4v) is 4.58. The van der Waals surface area contributed by atoms with E-state index in [-0.39, 0.29) is 5.69 Å². The number of hydrogen-bond donors (Lipinski definition) is 1. The van der Waals surface area contributed by atoms with Gasteiger partial charge < -0.3 is 5.11 Å². The van der Waals surface area contributed by atoms with Crippen molar-refractivity contribution in [3.63, 3.8) is 0 Å². The zero-order valence-electron chi connectivity index (χ0n) is 15.1. The van der Waals surface area contributed by atoms with Gasteiger partial charge in [0.15, 0.2) is 16.7 Å². The molecule has 4 rings (SSSR count). The van der Waals surface area contributed by atoms with Gasteiger partial charge in [0.25, 0.3) is 0 Å². The average molecular weight is 444 g/mol. The van der Waals surface area contributed by atoms with E-state index >= 15 is 0 Å². The van der Waals surface area contributed by atoms with E-state index < -0.39 is 5.97 Å². The van der Waals surface area contributed by atoms with Crippen LogP contribution >= 0.6 is 34.7 Å². The van der Waals surface area contributed by atoms with Gasteiger partial charge in [0.1, 0.15) is 5.01 Å². The Labute approximate surface area is 179 Å². The molecule has 29 heavy (non-hydrogen) atoms. The van der Waals surface area contributed by atoms with Crippen LogP contribution in [0.5, 0.6) is 0 Å². The van der Waals surface area contributed by atoms with Gasteiger partial charge in [-0.2, -0.15) is 0 Å². The first-order valence-corrected chi connectivity index (χ1v) is 10.7. The van der Waals surface area contributed by atoms with Crippen LogP contribution in [0.2, 0.25) is 5.02 Å².